The minimum absolute atomic E-state index is 0.00870. The summed E-state index contributed by atoms with van der Waals surface area (Å²) >= 11 is 0. The maximum Gasteiger partial charge on any atom is 0.243 e. The number of rotatable bonds is 2. The van der Waals surface area contributed by atoms with E-state index in [1.54, 1.807) is 6.07 Å². The molecule has 0 bridgehead atoms. The Morgan fingerprint density at radius 3 is 2.85 bits per heavy atom. The lowest BCUT2D eigenvalue weighted by molar-refractivity contribution is -0.422. The minimum Gasteiger partial charge on any atom is -0.259 e. The van der Waals surface area contributed by atoms with Crippen LogP contribution in [0.1, 0.15) is 12.5 Å². The molecule has 0 unspecified atom stereocenters. The van der Waals surface area contributed by atoms with Gasteiger partial charge < -0.3 is 0 Å². The molecular formula is C9H8FNO2. The van der Waals surface area contributed by atoms with Gasteiger partial charge in [0, 0.05) is 13.0 Å². The van der Waals surface area contributed by atoms with Gasteiger partial charge in [0.05, 0.1) is 4.92 Å². The van der Waals surface area contributed by atoms with E-state index in [0.29, 0.717) is 5.56 Å². The van der Waals surface area contributed by atoms with Gasteiger partial charge in [-0.3, -0.25) is 10.1 Å². The number of benzene rings is 1. The van der Waals surface area contributed by atoms with Gasteiger partial charge in [-0.2, -0.15) is 0 Å². The summed E-state index contributed by atoms with van der Waals surface area (Å²) in [5.41, 5.74) is 0.486. The zero-order valence-electron chi connectivity index (χ0n) is 7.03. The molecule has 0 aliphatic rings. The molecule has 4 heteroatoms. The molecule has 0 aliphatic carbocycles. The fraction of sp³-hybridized carbons (Fsp3) is 0.111. The summed E-state index contributed by atoms with van der Waals surface area (Å²) in [5, 5.41) is 10.2. The van der Waals surface area contributed by atoms with Crippen LogP contribution >= 0.6 is 0 Å². The molecule has 68 valence electrons. The van der Waals surface area contributed by atoms with Crippen molar-refractivity contribution in [2.75, 3.05) is 0 Å². The third-order valence-electron chi connectivity index (χ3n) is 1.51. The van der Waals surface area contributed by atoms with Crippen molar-refractivity contribution in [2.24, 2.45) is 0 Å². The predicted octanol–water partition coefficient (Wildman–Crippen LogP) is 2.46. The van der Waals surface area contributed by atoms with E-state index in [-0.39, 0.29) is 5.70 Å². The zero-order chi connectivity index (χ0) is 9.84. The van der Waals surface area contributed by atoms with E-state index in [4.69, 9.17) is 0 Å². The predicted molar refractivity (Wildman–Crippen MR) is 47.0 cm³/mol. The van der Waals surface area contributed by atoms with E-state index >= 15 is 0 Å². The molecule has 0 saturated carbocycles. The fourth-order valence-corrected chi connectivity index (χ4v) is 0.890. The number of hydrogen-bond acceptors (Lipinski definition) is 2. The minimum atomic E-state index is -0.509. The van der Waals surface area contributed by atoms with Gasteiger partial charge in [0.25, 0.3) is 0 Å². The molecule has 0 amide bonds. The lowest BCUT2D eigenvalue weighted by atomic mass is 10.2. The molecule has 0 heterocycles. The quantitative estimate of drug-likeness (QED) is 0.519. The summed E-state index contributed by atoms with van der Waals surface area (Å²) < 4.78 is 12.6. The number of nitro groups is 1. The Balaban J connectivity index is 2.97. The van der Waals surface area contributed by atoms with Gasteiger partial charge in [-0.05, 0) is 17.7 Å². The van der Waals surface area contributed by atoms with Gasteiger partial charge in [0.15, 0.2) is 0 Å². The SMILES string of the molecule is C/C(=C\c1cccc(F)c1)[N+](=O)[O-]. The van der Waals surface area contributed by atoms with Crippen LogP contribution in [0.5, 0.6) is 0 Å². The first-order chi connectivity index (χ1) is 6.09. The number of nitrogens with zero attached hydrogens (tertiary/aromatic N) is 1. The number of halogens is 1. The van der Waals surface area contributed by atoms with Crippen LogP contribution in [0.2, 0.25) is 0 Å². The van der Waals surface area contributed by atoms with Crippen molar-refractivity contribution in [3.05, 3.63) is 51.5 Å². The Labute approximate surface area is 74.7 Å². The molecule has 0 radical (unpaired) electrons. The van der Waals surface area contributed by atoms with Gasteiger partial charge in [-0.1, -0.05) is 12.1 Å². The highest BCUT2D eigenvalue weighted by Gasteiger charge is 2.01. The standard InChI is InChI=1S/C9H8FNO2/c1-7(11(12)13)5-8-3-2-4-9(10)6-8/h2-6H,1H3/b7-5+. The van der Waals surface area contributed by atoms with Crippen LogP contribution in [0, 0.1) is 15.9 Å². The molecular weight excluding hydrogens is 173 g/mol. The van der Waals surface area contributed by atoms with E-state index in [1.807, 2.05) is 0 Å². The van der Waals surface area contributed by atoms with Crippen LogP contribution in [0.3, 0.4) is 0 Å². The maximum atomic E-state index is 12.6. The van der Waals surface area contributed by atoms with E-state index in [0.717, 1.165) is 0 Å². The summed E-state index contributed by atoms with van der Waals surface area (Å²) in [6.07, 6.45) is 1.32. The second-order valence-corrected chi connectivity index (χ2v) is 2.60. The Bertz CT molecular complexity index is 360. The van der Waals surface area contributed by atoms with E-state index < -0.39 is 10.7 Å². The van der Waals surface area contributed by atoms with Crippen LogP contribution in [-0.4, -0.2) is 4.92 Å². The molecule has 1 aromatic carbocycles. The summed E-state index contributed by atoms with van der Waals surface area (Å²) in [7, 11) is 0. The average molecular weight is 181 g/mol. The van der Waals surface area contributed by atoms with Crippen LogP contribution in [0.15, 0.2) is 30.0 Å². The maximum absolute atomic E-state index is 12.6. The highest BCUT2D eigenvalue weighted by atomic mass is 19.1. The fourth-order valence-electron chi connectivity index (χ4n) is 0.890. The second kappa shape index (κ2) is 3.80. The molecule has 0 aliphatic heterocycles. The third kappa shape index (κ3) is 2.66. The molecule has 0 spiro atoms. The summed E-state index contributed by atoms with van der Waals surface area (Å²) in [6.45, 7) is 1.37. The smallest absolute Gasteiger partial charge is 0.243 e. The summed E-state index contributed by atoms with van der Waals surface area (Å²) in [6, 6.07) is 5.65. The number of allylic oxidation sites excluding steroid dienone is 1. The Hall–Kier alpha value is -1.71. The Morgan fingerprint density at radius 2 is 2.31 bits per heavy atom. The molecule has 0 N–H and O–H groups in total. The lowest BCUT2D eigenvalue weighted by Crippen LogP contribution is -1.92. The Kier molecular flexibility index (Phi) is 2.74. The van der Waals surface area contributed by atoms with Crippen molar-refractivity contribution in [1.82, 2.24) is 0 Å². The molecule has 1 rings (SSSR count). The zero-order valence-corrected chi connectivity index (χ0v) is 7.03. The molecule has 0 fully saturated rings. The van der Waals surface area contributed by atoms with Crippen molar-refractivity contribution in [1.29, 1.82) is 0 Å². The highest BCUT2D eigenvalue weighted by Crippen LogP contribution is 2.08. The van der Waals surface area contributed by atoms with Crippen LogP contribution in [0.25, 0.3) is 6.08 Å². The van der Waals surface area contributed by atoms with Gasteiger partial charge >= 0.3 is 0 Å². The molecule has 0 saturated heterocycles. The molecule has 13 heavy (non-hydrogen) atoms. The first-order valence-electron chi connectivity index (χ1n) is 3.68. The van der Waals surface area contributed by atoms with E-state index in [1.165, 1.54) is 31.2 Å². The molecule has 3 nitrogen and oxygen atoms in total. The first kappa shape index (κ1) is 9.38. The normalized spacial score (nSPS) is 11.4. The summed E-state index contributed by atoms with van der Waals surface area (Å²) in [4.78, 5) is 9.72. The van der Waals surface area contributed by atoms with Crippen LogP contribution in [0.4, 0.5) is 4.39 Å². The monoisotopic (exact) mass is 181 g/mol. The molecule has 1 aromatic rings. The highest BCUT2D eigenvalue weighted by molar-refractivity contribution is 5.50. The first-order valence-corrected chi connectivity index (χ1v) is 3.68. The van der Waals surface area contributed by atoms with Crippen molar-refractivity contribution in [2.45, 2.75) is 6.92 Å². The van der Waals surface area contributed by atoms with Crippen LogP contribution in [-0.2, 0) is 0 Å². The van der Waals surface area contributed by atoms with Gasteiger partial charge in [0.1, 0.15) is 5.82 Å². The van der Waals surface area contributed by atoms with Crippen LogP contribution < -0.4 is 0 Å². The largest absolute Gasteiger partial charge is 0.259 e. The molecule has 0 atom stereocenters. The van der Waals surface area contributed by atoms with E-state index in [2.05, 4.69) is 0 Å². The average Bonchev–Trinajstić information content (AvgIpc) is 2.04. The van der Waals surface area contributed by atoms with Gasteiger partial charge in [0.2, 0.25) is 5.70 Å². The topological polar surface area (TPSA) is 43.1 Å². The van der Waals surface area contributed by atoms with Crippen molar-refractivity contribution in [3.63, 3.8) is 0 Å². The van der Waals surface area contributed by atoms with Gasteiger partial charge in [-0.25, -0.2) is 4.39 Å². The number of hydrogen-bond donors (Lipinski definition) is 0. The van der Waals surface area contributed by atoms with Crippen molar-refractivity contribution < 1.29 is 9.31 Å². The van der Waals surface area contributed by atoms with Crippen molar-refractivity contribution >= 4 is 6.08 Å². The summed E-state index contributed by atoms with van der Waals surface area (Å²) in [5.74, 6) is -0.398. The van der Waals surface area contributed by atoms with Crippen molar-refractivity contribution in [3.8, 4) is 0 Å². The van der Waals surface area contributed by atoms with Gasteiger partial charge in [-0.15, -0.1) is 0 Å². The molecule has 0 aromatic heterocycles. The Morgan fingerprint density at radius 1 is 1.62 bits per heavy atom. The second-order valence-electron chi connectivity index (χ2n) is 2.60. The third-order valence-corrected chi connectivity index (χ3v) is 1.51. The van der Waals surface area contributed by atoms with E-state index in [9.17, 15) is 14.5 Å². The lowest BCUT2D eigenvalue weighted by Gasteiger charge is -1.93.